The van der Waals surface area contributed by atoms with Gasteiger partial charge in [0.1, 0.15) is 5.65 Å². The van der Waals surface area contributed by atoms with Crippen LogP contribution in [0.25, 0.3) is 38.8 Å². The number of benzene rings is 1. The minimum atomic E-state index is -0.523. The Morgan fingerprint density at radius 3 is 2.00 bits per heavy atom. The molecule has 0 aliphatic carbocycles. The first-order chi connectivity index (χ1) is 15.1. The van der Waals surface area contributed by atoms with Gasteiger partial charge in [-0.3, -0.25) is 32.3 Å². The summed E-state index contributed by atoms with van der Waals surface area (Å²) in [5.74, 6) is 0. The predicted octanol–water partition coefficient (Wildman–Crippen LogP) is 0.865. The predicted molar refractivity (Wildman–Crippen MR) is 124 cm³/mol. The molecular weight excluding hydrogens is 480 g/mol. The Hall–Kier alpha value is -3.73. The maximum atomic E-state index is 13.2. The number of aryl methyl sites for hydroxylation is 2. The van der Waals surface area contributed by atoms with Gasteiger partial charge in [0.15, 0.2) is 11.2 Å². The number of imidazole rings is 1. The second-order valence-corrected chi connectivity index (χ2v) is 8.58. The van der Waals surface area contributed by atoms with E-state index in [1.807, 2.05) is 24.3 Å². The summed E-state index contributed by atoms with van der Waals surface area (Å²) in [6.07, 6.45) is 1.55. The first-order valence-corrected chi connectivity index (χ1v) is 10.4. The van der Waals surface area contributed by atoms with Gasteiger partial charge in [-0.05, 0) is 17.7 Å². The van der Waals surface area contributed by atoms with Crippen LogP contribution >= 0.6 is 15.9 Å². The summed E-state index contributed by atoms with van der Waals surface area (Å²) in [7, 11) is 5.91. The molecule has 0 bridgehead atoms. The van der Waals surface area contributed by atoms with Crippen molar-refractivity contribution in [3.05, 3.63) is 76.6 Å². The minimum Gasteiger partial charge on any atom is -0.295 e. The van der Waals surface area contributed by atoms with Gasteiger partial charge < -0.3 is 0 Å². The van der Waals surface area contributed by atoms with Crippen LogP contribution in [0.1, 0.15) is 0 Å². The average Bonchev–Trinajstić information content (AvgIpc) is 3.17. The highest BCUT2D eigenvalue weighted by molar-refractivity contribution is 9.10. The highest BCUT2D eigenvalue weighted by atomic mass is 79.9. The fourth-order valence-corrected chi connectivity index (χ4v) is 4.35. The molecule has 5 aromatic rings. The van der Waals surface area contributed by atoms with Gasteiger partial charge in [0, 0.05) is 44.4 Å². The van der Waals surface area contributed by atoms with Crippen molar-refractivity contribution in [3.63, 3.8) is 0 Å². The van der Waals surface area contributed by atoms with Crippen LogP contribution in [0.3, 0.4) is 0 Å². The molecule has 0 spiro atoms. The fourth-order valence-electron chi connectivity index (χ4n) is 4.09. The molecular formula is C21H17BrN6O4. The third-order valence-corrected chi connectivity index (χ3v) is 6.39. The zero-order chi connectivity index (χ0) is 23.1. The summed E-state index contributed by atoms with van der Waals surface area (Å²) in [6.45, 7) is 0. The van der Waals surface area contributed by atoms with E-state index in [-0.39, 0.29) is 11.2 Å². The van der Waals surface area contributed by atoms with Crippen LogP contribution in [-0.2, 0) is 28.2 Å². The lowest BCUT2D eigenvalue weighted by atomic mass is 10.0. The monoisotopic (exact) mass is 496 g/mol. The standard InChI is InChI=1S/C21H17BrN6O4/c1-24-12-9-28-15-17(25(2)21(32)27(4)19(15)30)23-16(28)13(10-5-7-11(22)8-6-10)14(12)18(29)26(3)20(24)31/h5-9H,1-4H3. The Morgan fingerprint density at radius 1 is 0.750 bits per heavy atom. The van der Waals surface area contributed by atoms with Gasteiger partial charge >= 0.3 is 11.4 Å². The Kier molecular flexibility index (Phi) is 4.18. The number of hydrogen-bond acceptors (Lipinski definition) is 5. The van der Waals surface area contributed by atoms with Crippen LogP contribution in [-0.4, -0.2) is 27.7 Å². The van der Waals surface area contributed by atoms with E-state index in [1.54, 1.807) is 17.6 Å². The summed E-state index contributed by atoms with van der Waals surface area (Å²) >= 11 is 3.41. The molecule has 0 N–H and O–H groups in total. The second kappa shape index (κ2) is 6.63. The van der Waals surface area contributed by atoms with Crippen LogP contribution in [0.4, 0.5) is 0 Å². The zero-order valence-corrected chi connectivity index (χ0v) is 19.2. The Balaban J connectivity index is 2.20. The highest BCUT2D eigenvalue weighted by Gasteiger charge is 2.23. The van der Waals surface area contributed by atoms with E-state index in [9.17, 15) is 19.2 Å². The van der Waals surface area contributed by atoms with Gasteiger partial charge in [0.2, 0.25) is 0 Å². The number of pyridine rings is 1. The van der Waals surface area contributed by atoms with Crippen LogP contribution < -0.4 is 22.5 Å². The van der Waals surface area contributed by atoms with Gasteiger partial charge in [-0.1, -0.05) is 28.1 Å². The smallest absolute Gasteiger partial charge is 0.295 e. The lowest BCUT2D eigenvalue weighted by molar-refractivity contribution is 0.707. The number of rotatable bonds is 1. The van der Waals surface area contributed by atoms with Crippen molar-refractivity contribution < 1.29 is 0 Å². The second-order valence-electron chi connectivity index (χ2n) is 7.66. The zero-order valence-electron chi connectivity index (χ0n) is 17.6. The quantitative estimate of drug-likeness (QED) is 0.342. The topological polar surface area (TPSA) is 105 Å². The first kappa shape index (κ1) is 20.2. The van der Waals surface area contributed by atoms with Gasteiger partial charge in [0.05, 0.1) is 10.9 Å². The molecule has 0 unspecified atom stereocenters. The van der Waals surface area contributed by atoms with E-state index in [1.165, 1.54) is 30.3 Å². The molecule has 0 aliphatic heterocycles. The molecule has 162 valence electrons. The van der Waals surface area contributed by atoms with Crippen molar-refractivity contribution in [3.8, 4) is 11.1 Å². The molecule has 0 atom stereocenters. The van der Waals surface area contributed by atoms with E-state index in [2.05, 4.69) is 20.9 Å². The van der Waals surface area contributed by atoms with Gasteiger partial charge in [-0.15, -0.1) is 0 Å². The molecule has 32 heavy (non-hydrogen) atoms. The Bertz CT molecular complexity index is 1850. The molecule has 0 saturated carbocycles. The number of halogens is 1. The van der Waals surface area contributed by atoms with E-state index >= 15 is 0 Å². The lowest BCUT2D eigenvalue weighted by Crippen LogP contribution is -2.37. The molecule has 0 radical (unpaired) electrons. The molecule has 11 heteroatoms. The molecule has 1 aromatic carbocycles. The molecule has 10 nitrogen and oxygen atoms in total. The number of aromatic nitrogens is 6. The first-order valence-electron chi connectivity index (χ1n) is 9.60. The van der Waals surface area contributed by atoms with Crippen molar-refractivity contribution in [1.82, 2.24) is 27.7 Å². The van der Waals surface area contributed by atoms with Crippen molar-refractivity contribution in [2.75, 3.05) is 0 Å². The van der Waals surface area contributed by atoms with Crippen LogP contribution in [0.2, 0.25) is 0 Å². The third kappa shape index (κ3) is 2.48. The Labute approximate surface area is 187 Å². The van der Waals surface area contributed by atoms with Crippen molar-refractivity contribution in [2.45, 2.75) is 0 Å². The van der Waals surface area contributed by atoms with Crippen molar-refractivity contribution in [2.24, 2.45) is 28.2 Å². The number of nitrogens with zero attached hydrogens (tertiary/aromatic N) is 6. The van der Waals surface area contributed by atoms with E-state index in [0.717, 1.165) is 13.6 Å². The molecule has 0 aliphatic rings. The summed E-state index contributed by atoms with van der Waals surface area (Å²) in [4.78, 5) is 56.0. The van der Waals surface area contributed by atoms with Crippen molar-refractivity contribution in [1.29, 1.82) is 0 Å². The van der Waals surface area contributed by atoms with Crippen LogP contribution in [0.15, 0.2) is 54.1 Å². The fraction of sp³-hybridized carbons (Fsp3) is 0.190. The molecule has 4 heterocycles. The molecule has 0 saturated heterocycles. The normalized spacial score (nSPS) is 11.8. The third-order valence-electron chi connectivity index (χ3n) is 5.86. The van der Waals surface area contributed by atoms with Gasteiger partial charge in [-0.2, -0.15) is 0 Å². The van der Waals surface area contributed by atoms with E-state index in [4.69, 9.17) is 0 Å². The van der Waals surface area contributed by atoms with E-state index in [0.29, 0.717) is 27.7 Å². The summed E-state index contributed by atoms with van der Waals surface area (Å²) < 4.78 is 7.09. The highest BCUT2D eigenvalue weighted by Crippen LogP contribution is 2.32. The van der Waals surface area contributed by atoms with Gasteiger partial charge in [0.25, 0.3) is 11.1 Å². The molecule has 5 rings (SSSR count). The van der Waals surface area contributed by atoms with Gasteiger partial charge in [-0.25, -0.2) is 14.6 Å². The number of hydrogen-bond donors (Lipinski definition) is 0. The summed E-state index contributed by atoms with van der Waals surface area (Å²) in [5, 5.41) is 0.293. The average molecular weight is 497 g/mol. The SMILES string of the molecule is Cn1c(=O)c2c(-c3ccc(Br)cc3)c3nc4c(c(=O)n(C)c(=O)n4C)n3cc2n(C)c1=O. The minimum absolute atomic E-state index is 0.179. The van der Waals surface area contributed by atoms with Crippen LogP contribution in [0.5, 0.6) is 0 Å². The number of fused-ring (bicyclic) bond motifs is 4. The maximum absolute atomic E-state index is 13.2. The summed E-state index contributed by atoms with van der Waals surface area (Å²) in [6, 6.07) is 7.29. The summed E-state index contributed by atoms with van der Waals surface area (Å²) in [5.41, 5.74) is 0.197. The van der Waals surface area contributed by atoms with Crippen LogP contribution in [0, 0.1) is 0 Å². The Morgan fingerprint density at radius 2 is 1.34 bits per heavy atom. The maximum Gasteiger partial charge on any atom is 0.332 e. The molecule has 4 aromatic heterocycles. The molecule has 0 amide bonds. The lowest BCUT2D eigenvalue weighted by Gasteiger charge is -2.13. The van der Waals surface area contributed by atoms with Crippen molar-refractivity contribution >= 4 is 43.6 Å². The van der Waals surface area contributed by atoms with E-state index < -0.39 is 22.5 Å². The molecule has 0 fully saturated rings. The largest absolute Gasteiger partial charge is 0.332 e.